The SMILES string of the molecule is CCCCCSc1nc2ccc(Br)cc2c(=O)n1-c1ccccc1. The Labute approximate surface area is 154 Å². The van der Waals surface area contributed by atoms with Crippen LogP contribution >= 0.6 is 27.7 Å². The fourth-order valence-corrected chi connectivity index (χ4v) is 3.93. The van der Waals surface area contributed by atoms with Crippen molar-refractivity contribution in [2.24, 2.45) is 0 Å². The molecule has 3 aromatic rings. The minimum atomic E-state index is -0.0227. The lowest BCUT2D eigenvalue weighted by Crippen LogP contribution is -2.21. The van der Waals surface area contributed by atoms with E-state index in [0.717, 1.165) is 33.0 Å². The summed E-state index contributed by atoms with van der Waals surface area (Å²) in [6.07, 6.45) is 3.51. The summed E-state index contributed by atoms with van der Waals surface area (Å²) in [4.78, 5) is 17.8. The van der Waals surface area contributed by atoms with Crippen molar-refractivity contribution in [3.63, 3.8) is 0 Å². The highest BCUT2D eigenvalue weighted by Crippen LogP contribution is 2.24. The Hall–Kier alpha value is -1.59. The van der Waals surface area contributed by atoms with Crippen LogP contribution in [-0.2, 0) is 0 Å². The van der Waals surface area contributed by atoms with Crippen LogP contribution in [0, 0.1) is 0 Å². The molecule has 1 heterocycles. The van der Waals surface area contributed by atoms with E-state index in [2.05, 4.69) is 22.9 Å². The van der Waals surface area contributed by atoms with Crippen molar-refractivity contribution in [1.82, 2.24) is 9.55 Å². The third-order valence-corrected chi connectivity index (χ3v) is 5.31. The third-order valence-electron chi connectivity index (χ3n) is 3.79. The van der Waals surface area contributed by atoms with Gasteiger partial charge in [0.2, 0.25) is 0 Å². The zero-order valence-corrected chi connectivity index (χ0v) is 15.9. The van der Waals surface area contributed by atoms with Gasteiger partial charge >= 0.3 is 0 Å². The molecule has 0 saturated heterocycles. The van der Waals surface area contributed by atoms with Gasteiger partial charge in [0.1, 0.15) is 0 Å². The van der Waals surface area contributed by atoms with E-state index in [4.69, 9.17) is 4.98 Å². The average molecular weight is 403 g/mol. The molecule has 0 bridgehead atoms. The number of nitrogens with zero attached hydrogens (tertiary/aromatic N) is 2. The van der Waals surface area contributed by atoms with Crippen molar-refractivity contribution >= 4 is 38.6 Å². The van der Waals surface area contributed by atoms with E-state index in [9.17, 15) is 4.79 Å². The number of fused-ring (bicyclic) bond motifs is 1. The van der Waals surface area contributed by atoms with Gasteiger partial charge in [-0.25, -0.2) is 4.98 Å². The molecule has 0 amide bonds. The highest BCUT2D eigenvalue weighted by atomic mass is 79.9. The normalized spacial score (nSPS) is 11.1. The van der Waals surface area contributed by atoms with E-state index in [1.807, 2.05) is 48.5 Å². The van der Waals surface area contributed by atoms with Crippen molar-refractivity contribution in [2.45, 2.75) is 31.3 Å². The predicted molar refractivity (Wildman–Crippen MR) is 105 cm³/mol. The molecule has 0 unspecified atom stereocenters. The molecular weight excluding hydrogens is 384 g/mol. The van der Waals surface area contributed by atoms with E-state index in [-0.39, 0.29) is 5.56 Å². The Morgan fingerprint density at radius 1 is 1.12 bits per heavy atom. The van der Waals surface area contributed by atoms with Crippen LogP contribution in [0.3, 0.4) is 0 Å². The van der Waals surface area contributed by atoms with Crippen molar-refractivity contribution < 1.29 is 0 Å². The van der Waals surface area contributed by atoms with Gasteiger partial charge in [-0.05, 0) is 36.8 Å². The number of rotatable bonds is 6. The quantitative estimate of drug-likeness (QED) is 0.313. The summed E-state index contributed by atoms with van der Waals surface area (Å²) in [5, 5.41) is 1.39. The number of hydrogen-bond donors (Lipinski definition) is 0. The summed E-state index contributed by atoms with van der Waals surface area (Å²) >= 11 is 5.10. The summed E-state index contributed by atoms with van der Waals surface area (Å²) in [5.74, 6) is 0.967. The number of para-hydroxylation sites is 1. The molecule has 5 heteroatoms. The fraction of sp³-hybridized carbons (Fsp3) is 0.263. The molecule has 0 N–H and O–H groups in total. The van der Waals surface area contributed by atoms with Crippen molar-refractivity contribution in [3.8, 4) is 5.69 Å². The summed E-state index contributed by atoms with van der Waals surface area (Å²) in [7, 11) is 0. The first-order valence-electron chi connectivity index (χ1n) is 8.11. The summed E-state index contributed by atoms with van der Waals surface area (Å²) in [6.45, 7) is 2.19. The van der Waals surface area contributed by atoms with Crippen LogP contribution in [-0.4, -0.2) is 15.3 Å². The first-order chi connectivity index (χ1) is 11.7. The van der Waals surface area contributed by atoms with Crippen molar-refractivity contribution in [3.05, 3.63) is 63.4 Å². The van der Waals surface area contributed by atoms with Gasteiger partial charge in [0.05, 0.1) is 16.6 Å². The lowest BCUT2D eigenvalue weighted by molar-refractivity contribution is 0.772. The molecule has 1 aromatic heterocycles. The molecule has 2 aromatic carbocycles. The van der Waals surface area contributed by atoms with Crippen molar-refractivity contribution in [2.75, 3.05) is 5.75 Å². The Bertz CT molecular complexity index is 893. The summed E-state index contributed by atoms with van der Waals surface area (Å²) in [5.41, 5.74) is 1.58. The molecule has 0 atom stereocenters. The van der Waals surface area contributed by atoms with Crippen LogP contribution in [0.4, 0.5) is 0 Å². The zero-order valence-electron chi connectivity index (χ0n) is 13.5. The maximum atomic E-state index is 13.1. The smallest absolute Gasteiger partial charge is 0.266 e. The lowest BCUT2D eigenvalue weighted by Gasteiger charge is -2.13. The van der Waals surface area contributed by atoms with E-state index in [1.54, 1.807) is 16.3 Å². The number of aromatic nitrogens is 2. The second-order valence-electron chi connectivity index (χ2n) is 5.59. The third kappa shape index (κ3) is 3.73. The molecule has 0 spiro atoms. The van der Waals surface area contributed by atoms with Gasteiger partial charge in [0.25, 0.3) is 5.56 Å². The van der Waals surface area contributed by atoms with Crippen LogP contribution in [0.25, 0.3) is 16.6 Å². The van der Waals surface area contributed by atoms with E-state index in [0.29, 0.717) is 5.39 Å². The second-order valence-corrected chi connectivity index (χ2v) is 7.57. The van der Waals surface area contributed by atoms with Gasteiger partial charge in [-0.15, -0.1) is 0 Å². The number of halogens is 1. The highest BCUT2D eigenvalue weighted by Gasteiger charge is 2.13. The van der Waals surface area contributed by atoms with Crippen LogP contribution in [0.1, 0.15) is 26.2 Å². The Kier molecular flexibility index (Phi) is 5.74. The molecule has 0 saturated carbocycles. The minimum Gasteiger partial charge on any atom is -0.268 e. The topological polar surface area (TPSA) is 34.9 Å². The van der Waals surface area contributed by atoms with Crippen LogP contribution in [0.5, 0.6) is 0 Å². The van der Waals surface area contributed by atoms with E-state index in [1.165, 1.54) is 12.8 Å². The molecule has 0 aliphatic rings. The summed E-state index contributed by atoms with van der Waals surface area (Å²) < 4.78 is 2.61. The first kappa shape index (κ1) is 17.2. The molecule has 124 valence electrons. The monoisotopic (exact) mass is 402 g/mol. The Morgan fingerprint density at radius 2 is 1.92 bits per heavy atom. The largest absolute Gasteiger partial charge is 0.268 e. The molecule has 0 fully saturated rings. The standard InChI is InChI=1S/C19H19BrN2OS/c1-2-3-7-12-24-19-21-17-11-10-14(20)13-16(17)18(23)22(19)15-8-5-4-6-9-15/h4-6,8-11,13H,2-3,7,12H2,1H3. The van der Waals surface area contributed by atoms with Crippen molar-refractivity contribution in [1.29, 1.82) is 0 Å². The zero-order chi connectivity index (χ0) is 16.9. The molecule has 24 heavy (non-hydrogen) atoms. The van der Waals surface area contributed by atoms with Gasteiger partial charge in [0, 0.05) is 10.2 Å². The Balaban J connectivity index is 2.13. The molecular formula is C19H19BrN2OS. The van der Waals surface area contributed by atoms with Gasteiger partial charge in [-0.1, -0.05) is 65.7 Å². The maximum Gasteiger partial charge on any atom is 0.266 e. The van der Waals surface area contributed by atoms with Crippen LogP contribution in [0.2, 0.25) is 0 Å². The van der Waals surface area contributed by atoms with E-state index < -0.39 is 0 Å². The highest BCUT2D eigenvalue weighted by molar-refractivity contribution is 9.10. The first-order valence-corrected chi connectivity index (χ1v) is 9.89. The lowest BCUT2D eigenvalue weighted by atomic mass is 10.2. The van der Waals surface area contributed by atoms with Gasteiger partial charge in [-0.2, -0.15) is 0 Å². The average Bonchev–Trinajstić information content (AvgIpc) is 2.60. The molecule has 0 radical (unpaired) electrons. The van der Waals surface area contributed by atoms with Gasteiger partial charge in [0.15, 0.2) is 5.16 Å². The van der Waals surface area contributed by atoms with Gasteiger partial charge < -0.3 is 0 Å². The number of benzene rings is 2. The number of unbranched alkanes of at least 4 members (excludes halogenated alkanes) is 2. The van der Waals surface area contributed by atoms with Crippen LogP contribution < -0.4 is 5.56 Å². The predicted octanol–water partition coefficient (Wildman–Crippen LogP) is 5.43. The molecule has 0 aliphatic carbocycles. The van der Waals surface area contributed by atoms with Gasteiger partial charge in [-0.3, -0.25) is 9.36 Å². The van der Waals surface area contributed by atoms with E-state index >= 15 is 0 Å². The second kappa shape index (κ2) is 7.99. The molecule has 3 rings (SSSR count). The minimum absolute atomic E-state index is 0.0227. The maximum absolute atomic E-state index is 13.1. The summed E-state index contributed by atoms with van der Waals surface area (Å²) in [6, 6.07) is 15.4. The molecule has 0 aliphatic heterocycles. The number of hydrogen-bond acceptors (Lipinski definition) is 3. The number of thioether (sulfide) groups is 1. The Morgan fingerprint density at radius 3 is 2.67 bits per heavy atom. The van der Waals surface area contributed by atoms with Crippen LogP contribution in [0.15, 0.2) is 63.0 Å². The fourth-order valence-electron chi connectivity index (χ4n) is 2.55. The molecule has 3 nitrogen and oxygen atoms in total.